The summed E-state index contributed by atoms with van der Waals surface area (Å²) in [5.74, 6) is 0.161. The van der Waals surface area contributed by atoms with E-state index < -0.39 is 0 Å². The summed E-state index contributed by atoms with van der Waals surface area (Å²) in [6.45, 7) is 5.29. The van der Waals surface area contributed by atoms with E-state index in [0.29, 0.717) is 13.2 Å². The number of carbonyl (C=O) groups excluding carboxylic acids is 1. The standard InChI is InChI=1S/C20H24N2O2/c1-20(2)12-17(8-10-24-20)19(23)22-13-15-5-3-6-16(11-15)18-7-4-9-21-14-18/h3-7,9,11,14,17H,8,10,12-13H2,1-2H3,(H,22,23). The van der Waals surface area contributed by atoms with Crippen molar-refractivity contribution in [2.75, 3.05) is 6.61 Å². The molecular formula is C20H24N2O2. The maximum Gasteiger partial charge on any atom is 0.223 e. The van der Waals surface area contributed by atoms with E-state index in [9.17, 15) is 4.79 Å². The quantitative estimate of drug-likeness (QED) is 0.935. The molecule has 4 nitrogen and oxygen atoms in total. The van der Waals surface area contributed by atoms with Gasteiger partial charge in [0.25, 0.3) is 0 Å². The highest BCUT2D eigenvalue weighted by Crippen LogP contribution is 2.28. The maximum atomic E-state index is 12.4. The van der Waals surface area contributed by atoms with E-state index in [1.807, 2.05) is 44.3 Å². The molecule has 0 spiro atoms. The van der Waals surface area contributed by atoms with Gasteiger partial charge in [-0.2, -0.15) is 0 Å². The van der Waals surface area contributed by atoms with Gasteiger partial charge in [0.1, 0.15) is 0 Å². The number of aromatic nitrogens is 1. The number of hydrogen-bond donors (Lipinski definition) is 1. The van der Waals surface area contributed by atoms with Crippen LogP contribution in [0.2, 0.25) is 0 Å². The minimum atomic E-state index is -0.208. The fraction of sp³-hybridized carbons (Fsp3) is 0.400. The van der Waals surface area contributed by atoms with Crippen LogP contribution in [-0.4, -0.2) is 23.1 Å². The van der Waals surface area contributed by atoms with Gasteiger partial charge in [0.15, 0.2) is 0 Å². The van der Waals surface area contributed by atoms with Crippen LogP contribution in [0, 0.1) is 5.92 Å². The van der Waals surface area contributed by atoms with E-state index in [2.05, 4.69) is 22.4 Å². The molecule has 24 heavy (non-hydrogen) atoms. The zero-order valence-electron chi connectivity index (χ0n) is 14.3. The molecule has 4 heteroatoms. The molecule has 3 rings (SSSR count). The number of hydrogen-bond acceptors (Lipinski definition) is 3. The van der Waals surface area contributed by atoms with Crippen LogP contribution in [0.1, 0.15) is 32.3 Å². The first kappa shape index (κ1) is 16.7. The lowest BCUT2D eigenvalue weighted by Gasteiger charge is -2.34. The Morgan fingerprint density at radius 2 is 2.12 bits per heavy atom. The number of ether oxygens (including phenoxy) is 1. The monoisotopic (exact) mass is 324 g/mol. The van der Waals surface area contributed by atoms with E-state index in [0.717, 1.165) is 29.5 Å². The van der Waals surface area contributed by atoms with Crippen LogP contribution in [0.4, 0.5) is 0 Å². The van der Waals surface area contributed by atoms with Crippen molar-refractivity contribution in [3.8, 4) is 11.1 Å². The number of nitrogens with zero attached hydrogens (tertiary/aromatic N) is 1. The van der Waals surface area contributed by atoms with E-state index in [-0.39, 0.29) is 17.4 Å². The highest BCUT2D eigenvalue weighted by Gasteiger charge is 2.32. The molecule has 1 N–H and O–H groups in total. The fourth-order valence-corrected chi connectivity index (χ4v) is 3.18. The van der Waals surface area contributed by atoms with Gasteiger partial charge in [-0.25, -0.2) is 0 Å². The Morgan fingerprint density at radius 1 is 1.29 bits per heavy atom. The van der Waals surface area contributed by atoms with Crippen LogP contribution in [-0.2, 0) is 16.1 Å². The molecule has 0 bridgehead atoms. The van der Waals surface area contributed by atoms with E-state index in [4.69, 9.17) is 4.74 Å². The summed E-state index contributed by atoms with van der Waals surface area (Å²) < 4.78 is 5.69. The van der Waals surface area contributed by atoms with Gasteiger partial charge in [-0.15, -0.1) is 0 Å². The molecule has 0 radical (unpaired) electrons. The van der Waals surface area contributed by atoms with Gasteiger partial charge in [0.2, 0.25) is 5.91 Å². The first-order chi connectivity index (χ1) is 11.5. The zero-order chi connectivity index (χ0) is 17.0. The summed E-state index contributed by atoms with van der Waals surface area (Å²) >= 11 is 0. The Balaban J connectivity index is 1.62. The Hall–Kier alpha value is -2.20. The Morgan fingerprint density at radius 3 is 2.88 bits per heavy atom. The first-order valence-electron chi connectivity index (χ1n) is 8.44. The zero-order valence-corrected chi connectivity index (χ0v) is 14.3. The number of nitrogens with one attached hydrogen (secondary N) is 1. The van der Waals surface area contributed by atoms with Gasteiger partial charge >= 0.3 is 0 Å². The molecule has 1 aliphatic rings. The summed E-state index contributed by atoms with van der Waals surface area (Å²) in [6, 6.07) is 12.2. The van der Waals surface area contributed by atoms with Crippen molar-refractivity contribution < 1.29 is 9.53 Å². The van der Waals surface area contributed by atoms with Crippen LogP contribution < -0.4 is 5.32 Å². The van der Waals surface area contributed by atoms with Gasteiger partial charge in [-0.05, 0) is 55.5 Å². The Bertz CT molecular complexity index is 698. The number of pyridine rings is 1. The molecule has 126 valence electrons. The van der Waals surface area contributed by atoms with Crippen LogP contribution in [0.5, 0.6) is 0 Å². The normalized spacial score (nSPS) is 19.7. The smallest absolute Gasteiger partial charge is 0.223 e. The van der Waals surface area contributed by atoms with Crippen molar-refractivity contribution in [2.45, 2.75) is 38.8 Å². The first-order valence-corrected chi connectivity index (χ1v) is 8.44. The Labute approximate surface area is 143 Å². The molecule has 1 fully saturated rings. The SMILES string of the molecule is CC1(C)CC(C(=O)NCc2cccc(-c3cccnc3)c2)CCO1. The molecule has 1 amide bonds. The summed E-state index contributed by atoms with van der Waals surface area (Å²) in [5, 5.41) is 3.08. The van der Waals surface area contributed by atoms with Gasteiger partial charge in [0, 0.05) is 31.5 Å². The van der Waals surface area contributed by atoms with Crippen molar-refractivity contribution >= 4 is 5.91 Å². The molecule has 1 unspecified atom stereocenters. The minimum absolute atomic E-state index is 0.0373. The average molecular weight is 324 g/mol. The molecule has 2 aromatic rings. The molecule has 1 aromatic carbocycles. The van der Waals surface area contributed by atoms with Gasteiger partial charge < -0.3 is 10.1 Å². The molecular weight excluding hydrogens is 300 g/mol. The second-order valence-electron chi connectivity index (χ2n) is 6.96. The lowest BCUT2D eigenvalue weighted by molar-refractivity contribution is -0.135. The lowest BCUT2D eigenvalue weighted by atomic mass is 9.88. The molecule has 0 saturated carbocycles. The van der Waals surface area contributed by atoms with E-state index >= 15 is 0 Å². The van der Waals surface area contributed by atoms with Gasteiger partial charge in [0.05, 0.1) is 5.60 Å². The second-order valence-corrected chi connectivity index (χ2v) is 6.96. The van der Waals surface area contributed by atoms with Gasteiger partial charge in [-0.1, -0.05) is 24.3 Å². The highest BCUT2D eigenvalue weighted by molar-refractivity contribution is 5.78. The van der Waals surface area contributed by atoms with E-state index in [1.54, 1.807) is 6.20 Å². The summed E-state index contributed by atoms with van der Waals surface area (Å²) in [5.41, 5.74) is 3.08. The molecule has 1 aromatic heterocycles. The third kappa shape index (κ3) is 4.20. The summed E-state index contributed by atoms with van der Waals surface area (Å²) in [7, 11) is 0. The molecule has 1 aliphatic heterocycles. The fourth-order valence-electron chi connectivity index (χ4n) is 3.18. The predicted molar refractivity (Wildman–Crippen MR) is 94.3 cm³/mol. The van der Waals surface area contributed by atoms with Crippen molar-refractivity contribution in [1.82, 2.24) is 10.3 Å². The number of amides is 1. The van der Waals surface area contributed by atoms with Crippen LogP contribution in [0.25, 0.3) is 11.1 Å². The van der Waals surface area contributed by atoms with Gasteiger partial charge in [-0.3, -0.25) is 9.78 Å². The van der Waals surface area contributed by atoms with Crippen molar-refractivity contribution in [1.29, 1.82) is 0 Å². The van der Waals surface area contributed by atoms with Crippen LogP contribution in [0.3, 0.4) is 0 Å². The van der Waals surface area contributed by atoms with Crippen molar-refractivity contribution in [3.63, 3.8) is 0 Å². The van der Waals surface area contributed by atoms with Crippen LogP contribution >= 0.6 is 0 Å². The lowest BCUT2D eigenvalue weighted by Crippen LogP contribution is -2.41. The highest BCUT2D eigenvalue weighted by atomic mass is 16.5. The molecule has 1 saturated heterocycles. The maximum absolute atomic E-state index is 12.4. The minimum Gasteiger partial charge on any atom is -0.376 e. The van der Waals surface area contributed by atoms with Crippen molar-refractivity contribution in [3.05, 3.63) is 54.4 Å². The third-order valence-electron chi connectivity index (χ3n) is 4.46. The number of rotatable bonds is 4. The summed E-state index contributed by atoms with van der Waals surface area (Å²) in [4.78, 5) is 16.6. The number of benzene rings is 1. The second kappa shape index (κ2) is 7.14. The molecule has 0 aliphatic carbocycles. The third-order valence-corrected chi connectivity index (χ3v) is 4.46. The Kier molecular flexibility index (Phi) is 4.95. The van der Waals surface area contributed by atoms with Crippen LogP contribution in [0.15, 0.2) is 48.8 Å². The molecule has 1 atom stereocenters. The largest absolute Gasteiger partial charge is 0.376 e. The summed E-state index contributed by atoms with van der Waals surface area (Å²) in [6.07, 6.45) is 5.18. The van der Waals surface area contributed by atoms with Crippen molar-refractivity contribution in [2.24, 2.45) is 5.92 Å². The predicted octanol–water partition coefficient (Wildman–Crippen LogP) is 3.57. The van der Waals surface area contributed by atoms with E-state index in [1.165, 1.54) is 0 Å². The molecule has 2 heterocycles. The topological polar surface area (TPSA) is 51.2 Å². The number of carbonyl (C=O) groups is 1. The average Bonchev–Trinajstić information content (AvgIpc) is 2.60.